The fraction of sp³-hybridized carbons (Fsp3) is 0.818. The predicted octanol–water partition coefficient (Wildman–Crippen LogP) is 0.0536. The third-order valence-electron chi connectivity index (χ3n) is 2.32. The zero-order chi connectivity index (χ0) is 14.1. The number of carboxylic acids is 1. The van der Waals surface area contributed by atoms with Crippen LogP contribution >= 0.6 is 24.8 Å². The van der Waals surface area contributed by atoms with Gasteiger partial charge in [0, 0.05) is 12.1 Å². The number of esters is 1. The summed E-state index contributed by atoms with van der Waals surface area (Å²) in [6, 6.07) is -1.14. The fourth-order valence-electron chi connectivity index (χ4n) is 1.62. The molecular weight excluding hydrogens is 311 g/mol. The average molecular weight is 335 g/mol. The average Bonchev–Trinajstić information content (AvgIpc) is 2.14. The molecule has 0 bridgehead atoms. The van der Waals surface area contributed by atoms with Crippen LogP contribution in [0.4, 0.5) is 0 Å². The van der Waals surface area contributed by atoms with Crippen molar-refractivity contribution in [2.24, 2.45) is 11.5 Å². The molecule has 9 heteroatoms. The highest BCUT2D eigenvalue weighted by Crippen LogP contribution is 2.08. The third-order valence-corrected chi connectivity index (χ3v) is 2.32. The van der Waals surface area contributed by atoms with E-state index in [0.29, 0.717) is 0 Å². The number of aliphatic carboxylic acids is 1. The summed E-state index contributed by atoms with van der Waals surface area (Å²) < 4.78 is 4.72. The lowest BCUT2D eigenvalue weighted by Gasteiger charge is -2.18. The van der Waals surface area contributed by atoms with Gasteiger partial charge in [-0.2, -0.15) is 0 Å². The van der Waals surface area contributed by atoms with Gasteiger partial charge in [0.05, 0.1) is 25.6 Å². The van der Waals surface area contributed by atoms with Crippen molar-refractivity contribution in [1.29, 1.82) is 0 Å². The van der Waals surface area contributed by atoms with Gasteiger partial charge in [-0.3, -0.25) is 9.59 Å². The number of ether oxygens (including phenoxy) is 1. The van der Waals surface area contributed by atoms with Crippen molar-refractivity contribution in [3.8, 4) is 0 Å². The number of carboxylic acid groups (broad SMARTS) is 1. The molecule has 3 unspecified atom stereocenters. The molecule has 0 saturated heterocycles. The Kier molecular flexibility index (Phi) is 16.3. The molecule has 0 heterocycles. The van der Waals surface area contributed by atoms with Gasteiger partial charge in [0.25, 0.3) is 0 Å². The summed E-state index contributed by atoms with van der Waals surface area (Å²) in [6.45, 7) is 1.99. The van der Waals surface area contributed by atoms with Gasteiger partial charge in [-0.05, 0) is 19.8 Å². The largest absolute Gasteiger partial charge is 0.481 e. The lowest BCUT2D eigenvalue weighted by molar-refractivity contribution is -0.143. The van der Waals surface area contributed by atoms with Crippen LogP contribution in [0.2, 0.25) is 0 Å². The van der Waals surface area contributed by atoms with E-state index < -0.39 is 30.1 Å². The number of aliphatic hydroxyl groups is 1. The fourth-order valence-corrected chi connectivity index (χ4v) is 1.62. The Balaban J connectivity index is -0.00000144. The molecule has 3 atom stereocenters. The molecule has 0 aromatic carbocycles. The number of rotatable bonds is 9. The molecular formula is C11H24Cl2N2O5. The summed E-state index contributed by atoms with van der Waals surface area (Å²) in [5.74, 6) is -1.42. The van der Waals surface area contributed by atoms with E-state index in [4.69, 9.17) is 21.3 Å². The van der Waals surface area contributed by atoms with Crippen LogP contribution in [0.3, 0.4) is 0 Å². The van der Waals surface area contributed by atoms with Crippen molar-refractivity contribution in [3.63, 3.8) is 0 Å². The Hall–Kier alpha value is -0.600. The van der Waals surface area contributed by atoms with E-state index in [1.807, 2.05) is 0 Å². The number of hydrogen-bond acceptors (Lipinski definition) is 6. The highest BCUT2D eigenvalue weighted by atomic mass is 35.5. The quantitative estimate of drug-likeness (QED) is 0.437. The zero-order valence-corrected chi connectivity index (χ0v) is 13.0. The summed E-state index contributed by atoms with van der Waals surface area (Å²) in [7, 11) is 0. The van der Waals surface area contributed by atoms with Gasteiger partial charge in [-0.1, -0.05) is 0 Å². The van der Waals surface area contributed by atoms with Crippen LogP contribution in [0.15, 0.2) is 0 Å². The maximum atomic E-state index is 11.1. The summed E-state index contributed by atoms with van der Waals surface area (Å²) >= 11 is 0. The SMILES string of the molecule is CCOC(=O)CC(N)CC(O)CC(N)CC(=O)O.Cl.Cl. The van der Waals surface area contributed by atoms with Crippen molar-refractivity contribution >= 4 is 36.8 Å². The predicted molar refractivity (Wildman–Crippen MR) is 79.2 cm³/mol. The molecule has 0 radical (unpaired) electrons. The molecule has 0 aromatic heterocycles. The van der Waals surface area contributed by atoms with Crippen LogP contribution in [0.25, 0.3) is 0 Å². The van der Waals surface area contributed by atoms with E-state index in [9.17, 15) is 14.7 Å². The van der Waals surface area contributed by atoms with Gasteiger partial charge < -0.3 is 26.4 Å². The van der Waals surface area contributed by atoms with E-state index >= 15 is 0 Å². The first-order valence-corrected chi connectivity index (χ1v) is 5.91. The summed E-state index contributed by atoms with van der Waals surface area (Å²) in [4.78, 5) is 21.5. The smallest absolute Gasteiger partial charge is 0.307 e. The second-order valence-corrected chi connectivity index (χ2v) is 4.25. The summed E-state index contributed by atoms with van der Waals surface area (Å²) in [6.07, 6.45) is -0.665. The van der Waals surface area contributed by atoms with Crippen LogP contribution in [0.5, 0.6) is 0 Å². The van der Waals surface area contributed by atoms with Crippen LogP contribution < -0.4 is 11.5 Å². The highest BCUT2D eigenvalue weighted by Gasteiger charge is 2.18. The Bertz CT molecular complexity index is 282. The molecule has 7 nitrogen and oxygen atoms in total. The Morgan fingerprint density at radius 3 is 1.95 bits per heavy atom. The van der Waals surface area contributed by atoms with Gasteiger partial charge >= 0.3 is 11.9 Å². The minimum absolute atomic E-state index is 0. The second kappa shape index (κ2) is 13.4. The van der Waals surface area contributed by atoms with E-state index in [2.05, 4.69) is 0 Å². The molecule has 20 heavy (non-hydrogen) atoms. The molecule has 0 rings (SSSR count). The maximum absolute atomic E-state index is 11.1. The Labute approximate surface area is 130 Å². The number of hydrogen-bond donors (Lipinski definition) is 4. The van der Waals surface area contributed by atoms with Gasteiger partial charge in [-0.15, -0.1) is 24.8 Å². The molecule has 0 spiro atoms. The lowest BCUT2D eigenvalue weighted by Crippen LogP contribution is -2.34. The first-order valence-electron chi connectivity index (χ1n) is 5.91. The topological polar surface area (TPSA) is 136 Å². The molecule has 0 aromatic rings. The first-order chi connectivity index (χ1) is 8.35. The van der Waals surface area contributed by atoms with Crippen molar-refractivity contribution in [2.75, 3.05) is 6.61 Å². The second-order valence-electron chi connectivity index (χ2n) is 4.25. The van der Waals surface area contributed by atoms with E-state index in [0.717, 1.165) is 0 Å². The zero-order valence-electron chi connectivity index (χ0n) is 11.4. The van der Waals surface area contributed by atoms with Crippen LogP contribution in [0.1, 0.15) is 32.6 Å². The van der Waals surface area contributed by atoms with E-state index in [-0.39, 0.29) is 57.1 Å². The number of halogens is 2. The molecule has 0 aliphatic rings. The maximum Gasteiger partial charge on any atom is 0.307 e. The van der Waals surface area contributed by atoms with E-state index in [1.165, 1.54) is 0 Å². The van der Waals surface area contributed by atoms with Gasteiger partial charge in [-0.25, -0.2) is 0 Å². The van der Waals surface area contributed by atoms with Crippen molar-refractivity contribution in [2.45, 2.75) is 50.8 Å². The normalized spacial score (nSPS) is 14.2. The standard InChI is InChI=1S/C11H22N2O5.2ClH/c1-2-18-11(17)6-8(13)4-9(14)3-7(12)5-10(15)16;;/h7-9,14H,2-6,12-13H2,1H3,(H,15,16);2*1H. The van der Waals surface area contributed by atoms with Crippen molar-refractivity contribution in [1.82, 2.24) is 0 Å². The lowest BCUT2D eigenvalue weighted by atomic mass is 10.00. The summed E-state index contributed by atoms with van der Waals surface area (Å²) in [5, 5.41) is 18.1. The Morgan fingerprint density at radius 1 is 1.10 bits per heavy atom. The molecule has 0 aliphatic heterocycles. The van der Waals surface area contributed by atoms with Gasteiger partial charge in [0.2, 0.25) is 0 Å². The Morgan fingerprint density at radius 2 is 1.55 bits per heavy atom. The third kappa shape index (κ3) is 13.8. The molecule has 0 amide bonds. The minimum atomic E-state index is -1.01. The summed E-state index contributed by atoms with van der Waals surface area (Å²) in [5.41, 5.74) is 11.2. The minimum Gasteiger partial charge on any atom is -0.481 e. The first kappa shape index (κ1) is 24.4. The van der Waals surface area contributed by atoms with Gasteiger partial charge in [0.1, 0.15) is 0 Å². The van der Waals surface area contributed by atoms with Gasteiger partial charge in [0.15, 0.2) is 0 Å². The monoisotopic (exact) mass is 334 g/mol. The molecule has 0 aliphatic carbocycles. The number of nitrogens with two attached hydrogens (primary N) is 2. The number of aliphatic hydroxyl groups excluding tert-OH is 1. The number of carbonyl (C=O) groups excluding carboxylic acids is 1. The van der Waals surface area contributed by atoms with Crippen LogP contribution in [-0.2, 0) is 14.3 Å². The van der Waals surface area contributed by atoms with Crippen molar-refractivity contribution < 1.29 is 24.5 Å². The van der Waals surface area contributed by atoms with Crippen molar-refractivity contribution in [3.05, 3.63) is 0 Å². The highest BCUT2D eigenvalue weighted by molar-refractivity contribution is 5.85. The van der Waals surface area contributed by atoms with Crippen LogP contribution in [-0.4, -0.2) is 46.9 Å². The van der Waals surface area contributed by atoms with E-state index in [1.54, 1.807) is 6.92 Å². The molecule has 0 saturated carbocycles. The molecule has 122 valence electrons. The van der Waals surface area contributed by atoms with Crippen LogP contribution in [0, 0.1) is 0 Å². The number of carbonyl (C=O) groups is 2. The molecule has 6 N–H and O–H groups in total. The molecule has 0 fully saturated rings.